The van der Waals surface area contributed by atoms with Crippen molar-refractivity contribution in [3.8, 4) is 0 Å². The molecule has 2 aliphatic rings. The van der Waals surface area contributed by atoms with E-state index in [9.17, 15) is 8.42 Å². The van der Waals surface area contributed by atoms with E-state index >= 15 is 0 Å². The van der Waals surface area contributed by atoms with Crippen LogP contribution in [-0.2, 0) is 16.4 Å². The highest BCUT2D eigenvalue weighted by atomic mass is 32.2. The van der Waals surface area contributed by atoms with Gasteiger partial charge in [0.1, 0.15) is 0 Å². The van der Waals surface area contributed by atoms with Gasteiger partial charge >= 0.3 is 0 Å². The minimum absolute atomic E-state index is 0.0106. The molecule has 0 aromatic heterocycles. The van der Waals surface area contributed by atoms with Crippen LogP contribution in [0.25, 0.3) is 0 Å². The van der Waals surface area contributed by atoms with E-state index in [1.807, 2.05) is 13.0 Å². The van der Waals surface area contributed by atoms with Gasteiger partial charge in [-0.3, -0.25) is 0 Å². The smallest absolute Gasteiger partial charge is 0.240 e. The van der Waals surface area contributed by atoms with E-state index in [0.29, 0.717) is 4.90 Å². The standard InChI is InChI=1S/C15H22N2O2S/c1-11(9-12-4-5-12)17-20(18,19)14-7-6-13-3-2-8-16-15(13)10-14/h6-7,10-12,16-17H,2-5,8-9H2,1H3. The van der Waals surface area contributed by atoms with Crippen molar-refractivity contribution in [1.82, 2.24) is 4.72 Å². The fraction of sp³-hybridized carbons (Fsp3) is 0.600. The lowest BCUT2D eigenvalue weighted by Crippen LogP contribution is -2.33. The van der Waals surface area contributed by atoms with Crippen LogP contribution in [-0.4, -0.2) is 21.0 Å². The average Bonchev–Trinajstić information content (AvgIpc) is 3.21. The molecule has 1 unspecified atom stereocenters. The number of aryl methyl sites for hydroxylation is 1. The van der Waals surface area contributed by atoms with Gasteiger partial charge < -0.3 is 5.32 Å². The summed E-state index contributed by atoms with van der Waals surface area (Å²) in [6.45, 7) is 2.87. The van der Waals surface area contributed by atoms with Crippen molar-refractivity contribution in [3.63, 3.8) is 0 Å². The van der Waals surface area contributed by atoms with Gasteiger partial charge in [-0.15, -0.1) is 0 Å². The maximum Gasteiger partial charge on any atom is 0.240 e. The molecule has 110 valence electrons. The number of sulfonamides is 1. The van der Waals surface area contributed by atoms with Gasteiger partial charge in [0.05, 0.1) is 4.90 Å². The summed E-state index contributed by atoms with van der Waals surface area (Å²) in [6.07, 6.45) is 5.57. The van der Waals surface area contributed by atoms with E-state index in [-0.39, 0.29) is 6.04 Å². The molecule has 1 aromatic carbocycles. The van der Waals surface area contributed by atoms with Crippen molar-refractivity contribution < 1.29 is 8.42 Å². The molecule has 0 radical (unpaired) electrons. The van der Waals surface area contributed by atoms with E-state index in [2.05, 4.69) is 10.0 Å². The van der Waals surface area contributed by atoms with Crippen molar-refractivity contribution in [2.75, 3.05) is 11.9 Å². The molecule has 0 spiro atoms. The molecule has 4 nitrogen and oxygen atoms in total. The SMILES string of the molecule is CC(CC1CC1)NS(=O)(=O)c1ccc2c(c1)NCCC2. The van der Waals surface area contributed by atoms with Crippen LogP contribution >= 0.6 is 0 Å². The van der Waals surface area contributed by atoms with Crippen molar-refractivity contribution in [2.24, 2.45) is 5.92 Å². The summed E-state index contributed by atoms with van der Waals surface area (Å²) in [6, 6.07) is 5.43. The molecule has 0 bridgehead atoms. The van der Waals surface area contributed by atoms with Crippen LogP contribution in [0.3, 0.4) is 0 Å². The van der Waals surface area contributed by atoms with Crippen molar-refractivity contribution in [3.05, 3.63) is 23.8 Å². The number of nitrogens with one attached hydrogen (secondary N) is 2. The van der Waals surface area contributed by atoms with Crippen molar-refractivity contribution >= 4 is 15.7 Å². The van der Waals surface area contributed by atoms with Crippen LogP contribution in [0.5, 0.6) is 0 Å². The number of hydrogen-bond donors (Lipinski definition) is 2. The molecule has 1 aromatic rings. The first-order chi connectivity index (χ1) is 9.54. The number of rotatable bonds is 5. The molecule has 1 aliphatic heterocycles. The molecule has 1 fully saturated rings. The normalized spacial score (nSPS) is 20.1. The van der Waals surface area contributed by atoms with Crippen LogP contribution in [0.15, 0.2) is 23.1 Å². The van der Waals surface area contributed by atoms with E-state index < -0.39 is 10.0 Å². The fourth-order valence-corrected chi connectivity index (χ4v) is 4.12. The predicted molar refractivity (Wildman–Crippen MR) is 80.4 cm³/mol. The van der Waals surface area contributed by atoms with Crippen LogP contribution in [0.2, 0.25) is 0 Å². The van der Waals surface area contributed by atoms with Crippen LogP contribution in [0.4, 0.5) is 5.69 Å². The molecule has 1 heterocycles. The summed E-state index contributed by atoms with van der Waals surface area (Å²) < 4.78 is 27.6. The summed E-state index contributed by atoms with van der Waals surface area (Å²) in [4.78, 5) is 0.369. The highest BCUT2D eigenvalue weighted by Gasteiger charge is 2.26. The van der Waals surface area contributed by atoms with Crippen molar-refractivity contribution in [2.45, 2.75) is 50.0 Å². The molecule has 3 rings (SSSR count). The third kappa shape index (κ3) is 3.15. The van der Waals surface area contributed by atoms with Gasteiger partial charge in [0, 0.05) is 18.3 Å². The summed E-state index contributed by atoms with van der Waals surface area (Å²) in [5.74, 6) is 0.720. The molecule has 2 N–H and O–H groups in total. The Morgan fingerprint density at radius 3 is 2.95 bits per heavy atom. The van der Waals surface area contributed by atoms with Gasteiger partial charge in [0.25, 0.3) is 0 Å². The Morgan fingerprint density at radius 1 is 1.40 bits per heavy atom. The third-order valence-electron chi connectivity index (χ3n) is 4.07. The lowest BCUT2D eigenvalue weighted by molar-refractivity contribution is 0.530. The highest BCUT2D eigenvalue weighted by Crippen LogP contribution is 2.33. The Labute approximate surface area is 121 Å². The molecule has 0 amide bonds. The van der Waals surface area contributed by atoms with E-state index in [1.54, 1.807) is 12.1 Å². The minimum Gasteiger partial charge on any atom is -0.385 e. The van der Waals surface area contributed by atoms with Crippen LogP contribution < -0.4 is 10.0 Å². The predicted octanol–water partition coefficient (Wildman–Crippen LogP) is 2.51. The lowest BCUT2D eigenvalue weighted by Gasteiger charge is -2.19. The minimum atomic E-state index is -3.40. The quantitative estimate of drug-likeness (QED) is 0.877. The van der Waals surface area contributed by atoms with E-state index in [4.69, 9.17) is 0 Å². The Bertz CT molecular complexity index is 594. The van der Waals surface area contributed by atoms with Gasteiger partial charge in [-0.1, -0.05) is 18.9 Å². The van der Waals surface area contributed by atoms with Crippen LogP contribution in [0, 0.1) is 5.92 Å². The molecule has 1 aliphatic carbocycles. The second-order valence-electron chi connectivity index (χ2n) is 6.05. The molecule has 1 atom stereocenters. The maximum atomic E-state index is 12.4. The number of anilines is 1. The summed E-state index contributed by atoms with van der Waals surface area (Å²) in [5, 5.41) is 3.28. The van der Waals surface area contributed by atoms with Gasteiger partial charge in [0.15, 0.2) is 0 Å². The molecule has 1 saturated carbocycles. The zero-order chi connectivity index (χ0) is 14.2. The molecule has 0 saturated heterocycles. The topological polar surface area (TPSA) is 58.2 Å². The second kappa shape index (κ2) is 5.37. The molecular formula is C15H22N2O2S. The second-order valence-corrected chi connectivity index (χ2v) is 7.76. The number of benzene rings is 1. The fourth-order valence-electron chi connectivity index (χ4n) is 2.84. The Kier molecular flexibility index (Phi) is 3.73. The Balaban J connectivity index is 1.75. The van der Waals surface area contributed by atoms with E-state index in [0.717, 1.165) is 37.4 Å². The average molecular weight is 294 g/mol. The summed E-state index contributed by atoms with van der Waals surface area (Å²) in [5.41, 5.74) is 2.18. The van der Waals surface area contributed by atoms with Crippen molar-refractivity contribution in [1.29, 1.82) is 0 Å². The highest BCUT2D eigenvalue weighted by molar-refractivity contribution is 7.89. The van der Waals surface area contributed by atoms with Crippen LogP contribution in [0.1, 0.15) is 38.2 Å². The van der Waals surface area contributed by atoms with Gasteiger partial charge in [-0.2, -0.15) is 0 Å². The lowest BCUT2D eigenvalue weighted by atomic mass is 10.0. The monoisotopic (exact) mass is 294 g/mol. The summed E-state index contributed by atoms with van der Waals surface area (Å²) in [7, 11) is -3.40. The van der Waals surface area contributed by atoms with Gasteiger partial charge in [0.2, 0.25) is 10.0 Å². The summed E-state index contributed by atoms with van der Waals surface area (Å²) >= 11 is 0. The van der Waals surface area contributed by atoms with Gasteiger partial charge in [-0.25, -0.2) is 13.1 Å². The number of fused-ring (bicyclic) bond motifs is 1. The molecule has 5 heteroatoms. The molecular weight excluding hydrogens is 272 g/mol. The first-order valence-corrected chi connectivity index (χ1v) is 8.92. The molecule has 20 heavy (non-hydrogen) atoms. The Hall–Kier alpha value is -1.07. The third-order valence-corrected chi connectivity index (χ3v) is 5.66. The zero-order valence-electron chi connectivity index (χ0n) is 11.9. The zero-order valence-corrected chi connectivity index (χ0v) is 12.7. The first kappa shape index (κ1) is 13.9. The van der Waals surface area contributed by atoms with E-state index in [1.165, 1.54) is 18.4 Å². The maximum absolute atomic E-state index is 12.4. The number of hydrogen-bond acceptors (Lipinski definition) is 3. The largest absolute Gasteiger partial charge is 0.385 e. The van der Waals surface area contributed by atoms with Gasteiger partial charge in [-0.05, 0) is 49.8 Å². The first-order valence-electron chi connectivity index (χ1n) is 7.44. The Morgan fingerprint density at radius 2 is 2.20 bits per heavy atom.